The predicted octanol–water partition coefficient (Wildman–Crippen LogP) is 1.88. The van der Waals surface area contributed by atoms with E-state index in [-0.39, 0.29) is 11.9 Å². The molecule has 5 heteroatoms. The minimum Gasteiger partial charge on any atom is -0.370 e. The minimum absolute atomic E-state index is 0.205. The third-order valence-corrected chi connectivity index (χ3v) is 3.40. The highest BCUT2D eigenvalue weighted by molar-refractivity contribution is 7.17. The lowest BCUT2D eigenvalue weighted by atomic mass is 10.0. The van der Waals surface area contributed by atoms with Gasteiger partial charge in [0, 0.05) is 10.3 Å². The lowest BCUT2D eigenvalue weighted by Crippen LogP contribution is -2.24. The summed E-state index contributed by atoms with van der Waals surface area (Å²) in [5.74, 6) is -0.583. The van der Waals surface area contributed by atoms with Gasteiger partial charge in [-0.3, -0.25) is 4.79 Å². The molecule has 0 fully saturated rings. The molecule has 17 heavy (non-hydrogen) atoms. The van der Waals surface area contributed by atoms with Gasteiger partial charge in [-0.15, -0.1) is 11.3 Å². The second kappa shape index (κ2) is 4.55. The van der Waals surface area contributed by atoms with Gasteiger partial charge in [0.25, 0.3) is 5.91 Å². The number of fused-ring (bicyclic) bond motifs is 1. The van der Waals surface area contributed by atoms with Gasteiger partial charge < -0.3 is 11.5 Å². The second-order valence-electron chi connectivity index (χ2n) is 3.66. The van der Waals surface area contributed by atoms with E-state index in [2.05, 4.69) is 4.99 Å². The van der Waals surface area contributed by atoms with Gasteiger partial charge in [0.15, 0.2) is 5.96 Å². The Morgan fingerprint density at radius 1 is 1.41 bits per heavy atom. The number of carbonyl (C=O) groups excluding carboxylic acids is 1. The van der Waals surface area contributed by atoms with Crippen molar-refractivity contribution in [1.29, 1.82) is 0 Å². The molecule has 0 atom stereocenters. The summed E-state index contributed by atoms with van der Waals surface area (Å²) in [7, 11) is 0. The summed E-state index contributed by atoms with van der Waals surface area (Å²) >= 11 is 1.59. The Balaban J connectivity index is 2.58. The van der Waals surface area contributed by atoms with Crippen molar-refractivity contribution in [3.63, 3.8) is 0 Å². The van der Waals surface area contributed by atoms with Crippen LogP contribution in [0, 0.1) is 0 Å². The van der Waals surface area contributed by atoms with E-state index in [0.29, 0.717) is 5.56 Å². The zero-order chi connectivity index (χ0) is 12.4. The van der Waals surface area contributed by atoms with Gasteiger partial charge in [0.05, 0.1) is 0 Å². The van der Waals surface area contributed by atoms with Crippen LogP contribution in [0.4, 0.5) is 0 Å². The van der Waals surface area contributed by atoms with E-state index in [0.717, 1.165) is 22.1 Å². The van der Waals surface area contributed by atoms with Crippen molar-refractivity contribution >= 4 is 33.3 Å². The first kappa shape index (κ1) is 11.6. The number of nitrogens with zero attached hydrogens (tertiary/aromatic N) is 1. The molecule has 0 bridgehead atoms. The molecule has 1 heterocycles. The van der Waals surface area contributed by atoms with Gasteiger partial charge in [-0.2, -0.15) is 4.99 Å². The molecule has 0 spiro atoms. The molecule has 88 valence electrons. The Hall–Kier alpha value is -1.88. The molecule has 2 aromatic rings. The number of carbonyl (C=O) groups is 1. The topological polar surface area (TPSA) is 81.5 Å². The third-order valence-electron chi connectivity index (χ3n) is 2.52. The average Bonchev–Trinajstić information content (AvgIpc) is 2.73. The number of hydrogen-bond donors (Lipinski definition) is 2. The SMILES string of the molecule is CCc1cc2ccsc2cc1C(=O)N=C(N)N. The molecule has 1 aromatic carbocycles. The van der Waals surface area contributed by atoms with E-state index in [1.165, 1.54) is 0 Å². The zero-order valence-electron chi connectivity index (χ0n) is 9.43. The summed E-state index contributed by atoms with van der Waals surface area (Å²) in [6, 6.07) is 5.91. The minimum atomic E-state index is -0.378. The average molecular weight is 247 g/mol. The first-order chi connectivity index (χ1) is 8.11. The Morgan fingerprint density at radius 2 is 2.18 bits per heavy atom. The van der Waals surface area contributed by atoms with Crippen LogP contribution in [0.5, 0.6) is 0 Å². The summed E-state index contributed by atoms with van der Waals surface area (Å²) in [6.45, 7) is 2.00. The number of amides is 1. The first-order valence-electron chi connectivity index (χ1n) is 5.26. The second-order valence-corrected chi connectivity index (χ2v) is 4.61. The molecule has 1 aromatic heterocycles. The number of hydrogen-bond acceptors (Lipinski definition) is 2. The van der Waals surface area contributed by atoms with Gasteiger partial charge in [0.2, 0.25) is 0 Å². The molecule has 4 nitrogen and oxygen atoms in total. The maximum absolute atomic E-state index is 11.9. The zero-order valence-corrected chi connectivity index (χ0v) is 10.3. The third kappa shape index (κ3) is 2.29. The standard InChI is InChI=1S/C12H13N3OS/c1-2-7-5-8-3-4-17-10(8)6-9(7)11(16)15-12(13)14/h3-6H,2H2,1H3,(H4,13,14,15,16). The quantitative estimate of drug-likeness (QED) is 0.628. The van der Waals surface area contributed by atoms with Gasteiger partial charge in [0.1, 0.15) is 0 Å². The van der Waals surface area contributed by atoms with Crippen LogP contribution in [-0.4, -0.2) is 11.9 Å². The molecule has 0 aliphatic rings. The summed E-state index contributed by atoms with van der Waals surface area (Å²) < 4.78 is 1.07. The van der Waals surface area contributed by atoms with E-state index in [4.69, 9.17) is 11.5 Å². The van der Waals surface area contributed by atoms with Crippen molar-refractivity contribution in [3.05, 3.63) is 34.7 Å². The fourth-order valence-corrected chi connectivity index (χ4v) is 2.54. The molecule has 0 aliphatic carbocycles. The molecular formula is C12H13N3OS. The number of aliphatic imine (C=N–C) groups is 1. The molecule has 1 amide bonds. The van der Waals surface area contributed by atoms with Crippen molar-refractivity contribution in [1.82, 2.24) is 0 Å². The summed E-state index contributed by atoms with van der Waals surface area (Å²) in [4.78, 5) is 15.4. The Bertz CT molecular complexity index is 597. The van der Waals surface area contributed by atoms with E-state index in [9.17, 15) is 4.79 Å². The molecule has 0 unspecified atom stereocenters. The molecule has 0 saturated carbocycles. The number of guanidine groups is 1. The van der Waals surface area contributed by atoms with Crippen LogP contribution >= 0.6 is 11.3 Å². The fourth-order valence-electron chi connectivity index (χ4n) is 1.73. The van der Waals surface area contributed by atoms with Crippen LogP contribution in [-0.2, 0) is 6.42 Å². The van der Waals surface area contributed by atoms with Gasteiger partial charge in [-0.25, -0.2) is 0 Å². The van der Waals surface area contributed by atoms with Crippen LogP contribution in [0.15, 0.2) is 28.6 Å². The largest absolute Gasteiger partial charge is 0.370 e. The van der Waals surface area contributed by atoms with Crippen LogP contribution in [0.1, 0.15) is 22.8 Å². The fraction of sp³-hybridized carbons (Fsp3) is 0.167. The van der Waals surface area contributed by atoms with E-state index in [1.54, 1.807) is 11.3 Å². The smallest absolute Gasteiger partial charge is 0.280 e. The monoisotopic (exact) mass is 247 g/mol. The summed E-state index contributed by atoms with van der Waals surface area (Å²) in [5, 5.41) is 3.15. The van der Waals surface area contributed by atoms with Gasteiger partial charge in [-0.1, -0.05) is 6.92 Å². The van der Waals surface area contributed by atoms with E-state index in [1.807, 2.05) is 30.5 Å². The summed E-state index contributed by atoms with van der Waals surface area (Å²) in [5.41, 5.74) is 12.0. The van der Waals surface area contributed by atoms with Gasteiger partial charge in [-0.05, 0) is 40.9 Å². The normalized spacial score (nSPS) is 10.4. The summed E-state index contributed by atoms with van der Waals surface area (Å²) in [6.07, 6.45) is 0.771. The predicted molar refractivity (Wildman–Crippen MR) is 71.3 cm³/mol. The highest BCUT2D eigenvalue weighted by Gasteiger charge is 2.11. The van der Waals surface area contributed by atoms with E-state index < -0.39 is 0 Å². The lowest BCUT2D eigenvalue weighted by molar-refractivity contribution is 0.100. The Morgan fingerprint density at radius 3 is 2.82 bits per heavy atom. The Labute approximate surface area is 103 Å². The van der Waals surface area contributed by atoms with E-state index >= 15 is 0 Å². The molecular weight excluding hydrogens is 234 g/mol. The maximum atomic E-state index is 11.9. The van der Waals surface area contributed by atoms with Crippen LogP contribution < -0.4 is 11.5 Å². The molecule has 4 N–H and O–H groups in total. The number of thiophene rings is 1. The van der Waals surface area contributed by atoms with Crippen molar-refractivity contribution < 1.29 is 4.79 Å². The number of rotatable bonds is 2. The highest BCUT2D eigenvalue weighted by atomic mass is 32.1. The molecule has 0 saturated heterocycles. The molecule has 0 aliphatic heterocycles. The van der Waals surface area contributed by atoms with Crippen LogP contribution in [0.25, 0.3) is 10.1 Å². The maximum Gasteiger partial charge on any atom is 0.280 e. The van der Waals surface area contributed by atoms with Crippen molar-refractivity contribution in [2.75, 3.05) is 0 Å². The van der Waals surface area contributed by atoms with Crippen molar-refractivity contribution in [2.45, 2.75) is 13.3 Å². The van der Waals surface area contributed by atoms with Crippen LogP contribution in [0.3, 0.4) is 0 Å². The first-order valence-corrected chi connectivity index (χ1v) is 6.14. The molecule has 0 radical (unpaired) electrons. The number of aryl methyl sites for hydroxylation is 1. The number of benzene rings is 1. The van der Waals surface area contributed by atoms with Gasteiger partial charge >= 0.3 is 0 Å². The highest BCUT2D eigenvalue weighted by Crippen LogP contribution is 2.25. The van der Waals surface area contributed by atoms with Crippen LogP contribution in [0.2, 0.25) is 0 Å². The van der Waals surface area contributed by atoms with Crippen molar-refractivity contribution in [3.8, 4) is 0 Å². The lowest BCUT2D eigenvalue weighted by Gasteiger charge is -2.04. The molecule has 2 rings (SSSR count). The van der Waals surface area contributed by atoms with Crippen molar-refractivity contribution in [2.24, 2.45) is 16.5 Å². The number of nitrogens with two attached hydrogens (primary N) is 2. The Kier molecular flexibility index (Phi) is 3.10.